The van der Waals surface area contributed by atoms with E-state index in [4.69, 9.17) is 21.1 Å². The Kier molecular flexibility index (Phi) is 6.11. The average molecular weight is 447 g/mol. The van der Waals surface area contributed by atoms with E-state index in [-0.39, 0.29) is 24.3 Å². The van der Waals surface area contributed by atoms with Crippen LogP contribution in [0.25, 0.3) is 0 Å². The van der Waals surface area contributed by atoms with Crippen LogP contribution in [-0.4, -0.2) is 42.7 Å². The summed E-state index contributed by atoms with van der Waals surface area (Å²) in [5.74, 6) is 1.22. The lowest BCUT2D eigenvalue weighted by Gasteiger charge is -2.29. The van der Waals surface area contributed by atoms with E-state index >= 15 is 0 Å². The molecule has 0 bridgehead atoms. The number of likely N-dealkylation sites (tertiary alicyclic amines) is 1. The van der Waals surface area contributed by atoms with Crippen molar-refractivity contribution in [1.29, 1.82) is 0 Å². The fourth-order valence-corrected chi connectivity index (χ4v) is 5.27. The van der Waals surface area contributed by atoms with Gasteiger partial charge in [0.15, 0.2) is 0 Å². The zero-order valence-electron chi connectivity index (χ0n) is 16.8. The predicted molar refractivity (Wildman–Crippen MR) is 118 cm³/mol. The standard InChI is InChI=1S/C22H23ClN2O4S/c1-28-14-6-7-15(18(11-14)29-2)17-4-3-9-25(17)21(26)12-20-22(27)24-16-10-13(23)5-8-19(16)30-20/h5-8,10-11,17,20H,3-4,9,12H2,1-2H3,(H,24,27). The molecule has 2 atom stereocenters. The first-order valence-corrected chi connectivity index (χ1v) is 11.0. The van der Waals surface area contributed by atoms with Crippen molar-refractivity contribution in [3.8, 4) is 11.5 Å². The Morgan fingerprint density at radius 3 is 2.83 bits per heavy atom. The van der Waals surface area contributed by atoms with E-state index in [1.54, 1.807) is 26.4 Å². The van der Waals surface area contributed by atoms with Gasteiger partial charge in [-0.15, -0.1) is 11.8 Å². The highest BCUT2D eigenvalue weighted by atomic mass is 35.5. The van der Waals surface area contributed by atoms with Gasteiger partial charge in [0, 0.05) is 34.5 Å². The number of anilines is 1. The Balaban J connectivity index is 1.51. The van der Waals surface area contributed by atoms with E-state index in [2.05, 4.69) is 5.32 Å². The summed E-state index contributed by atoms with van der Waals surface area (Å²) in [6.07, 6.45) is 1.92. The molecular weight excluding hydrogens is 424 g/mol. The van der Waals surface area contributed by atoms with Crippen LogP contribution in [0.1, 0.15) is 30.9 Å². The Hall–Kier alpha value is -2.38. The number of hydrogen-bond donors (Lipinski definition) is 1. The lowest BCUT2D eigenvalue weighted by molar-refractivity contribution is -0.133. The first kappa shape index (κ1) is 20.9. The molecule has 0 spiro atoms. The number of rotatable bonds is 5. The van der Waals surface area contributed by atoms with Crippen molar-refractivity contribution in [2.45, 2.75) is 35.4 Å². The van der Waals surface area contributed by atoms with Crippen molar-refractivity contribution < 1.29 is 19.1 Å². The molecule has 2 aromatic rings. The van der Waals surface area contributed by atoms with Crippen LogP contribution in [0.2, 0.25) is 5.02 Å². The maximum absolute atomic E-state index is 13.2. The third-order valence-electron chi connectivity index (χ3n) is 5.49. The Morgan fingerprint density at radius 1 is 1.23 bits per heavy atom. The van der Waals surface area contributed by atoms with Crippen LogP contribution in [0.3, 0.4) is 0 Å². The number of carbonyl (C=O) groups is 2. The molecule has 8 heteroatoms. The number of fused-ring (bicyclic) bond motifs is 1. The van der Waals surface area contributed by atoms with Gasteiger partial charge in [0.1, 0.15) is 11.5 Å². The number of nitrogens with one attached hydrogen (secondary N) is 1. The Labute approximate surface area is 184 Å². The van der Waals surface area contributed by atoms with Gasteiger partial charge >= 0.3 is 0 Å². The number of hydrogen-bond acceptors (Lipinski definition) is 5. The lowest BCUT2D eigenvalue weighted by Crippen LogP contribution is -2.37. The summed E-state index contributed by atoms with van der Waals surface area (Å²) in [5.41, 5.74) is 1.66. The third kappa shape index (κ3) is 4.09. The molecule has 0 radical (unpaired) electrons. The summed E-state index contributed by atoms with van der Waals surface area (Å²) in [4.78, 5) is 28.5. The van der Waals surface area contributed by atoms with E-state index in [9.17, 15) is 9.59 Å². The first-order chi connectivity index (χ1) is 14.5. The van der Waals surface area contributed by atoms with Crippen molar-refractivity contribution >= 4 is 40.9 Å². The molecule has 6 nitrogen and oxygen atoms in total. The fourth-order valence-electron chi connectivity index (χ4n) is 4.02. The smallest absolute Gasteiger partial charge is 0.238 e. The highest BCUT2D eigenvalue weighted by molar-refractivity contribution is 8.01. The molecule has 0 aromatic heterocycles. The second-order valence-electron chi connectivity index (χ2n) is 7.29. The molecule has 0 aliphatic carbocycles. The minimum absolute atomic E-state index is 0.0274. The maximum Gasteiger partial charge on any atom is 0.238 e. The molecule has 2 heterocycles. The largest absolute Gasteiger partial charge is 0.497 e. The third-order valence-corrected chi connectivity index (χ3v) is 7.00. The summed E-state index contributed by atoms with van der Waals surface area (Å²) < 4.78 is 10.8. The van der Waals surface area contributed by atoms with E-state index in [1.165, 1.54) is 11.8 Å². The summed E-state index contributed by atoms with van der Waals surface area (Å²) in [6, 6.07) is 11.0. The summed E-state index contributed by atoms with van der Waals surface area (Å²) in [7, 11) is 3.23. The molecule has 2 unspecified atom stereocenters. The van der Waals surface area contributed by atoms with Gasteiger partial charge in [0.25, 0.3) is 0 Å². The number of thioether (sulfide) groups is 1. The highest BCUT2D eigenvalue weighted by Gasteiger charge is 2.36. The van der Waals surface area contributed by atoms with Gasteiger partial charge in [-0.05, 0) is 43.2 Å². The van der Waals surface area contributed by atoms with Crippen LogP contribution < -0.4 is 14.8 Å². The molecule has 30 heavy (non-hydrogen) atoms. The van der Waals surface area contributed by atoms with Crippen molar-refractivity contribution in [3.05, 3.63) is 47.0 Å². The normalized spacial score (nSPS) is 20.5. The molecular formula is C22H23ClN2O4S. The monoisotopic (exact) mass is 446 g/mol. The van der Waals surface area contributed by atoms with E-state index in [0.717, 1.165) is 23.3 Å². The lowest BCUT2D eigenvalue weighted by atomic mass is 10.0. The topological polar surface area (TPSA) is 67.9 Å². The summed E-state index contributed by atoms with van der Waals surface area (Å²) >= 11 is 7.42. The summed E-state index contributed by atoms with van der Waals surface area (Å²) in [5, 5.41) is 2.97. The number of ether oxygens (including phenoxy) is 2. The number of benzene rings is 2. The quantitative estimate of drug-likeness (QED) is 0.731. The minimum atomic E-state index is -0.467. The van der Waals surface area contributed by atoms with Gasteiger partial charge in [0.05, 0.1) is 31.2 Å². The van der Waals surface area contributed by atoms with E-state index in [1.807, 2.05) is 29.2 Å². The number of amides is 2. The average Bonchev–Trinajstić information content (AvgIpc) is 3.23. The number of methoxy groups -OCH3 is 2. The molecule has 158 valence electrons. The van der Waals surface area contributed by atoms with Crippen LogP contribution in [0.4, 0.5) is 5.69 Å². The van der Waals surface area contributed by atoms with Crippen LogP contribution in [0.15, 0.2) is 41.3 Å². The number of carbonyl (C=O) groups excluding carboxylic acids is 2. The zero-order valence-corrected chi connectivity index (χ0v) is 18.4. The van der Waals surface area contributed by atoms with Crippen molar-refractivity contribution in [2.75, 3.05) is 26.1 Å². The molecule has 2 aromatic carbocycles. The van der Waals surface area contributed by atoms with Crippen LogP contribution >= 0.6 is 23.4 Å². The second-order valence-corrected chi connectivity index (χ2v) is 8.97. The van der Waals surface area contributed by atoms with Crippen LogP contribution in [-0.2, 0) is 9.59 Å². The summed E-state index contributed by atoms with van der Waals surface area (Å²) in [6.45, 7) is 0.671. The minimum Gasteiger partial charge on any atom is -0.497 e. The molecule has 2 aliphatic heterocycles. The Bertz CT molecular complexity index is 984. The van der Waals surface area contributed by atoms with Crippen molar-refractivity contribution in [2.24, 2.45) is 0 Å². The van der Waals surface area contributed by atoms with Crippen molar-refractivity contribution in [3.63, 3.8) is 0 Å². The first-order valence-electron chi connectivity index (χ1n) is 9.78. The molecule has 4 rings (SSSR count). The van der Waals surface area contributed by atoms with Crippen molar-refractivity contribution in [1.82, 2.24) is 4.90 Å². The van der Waals surface area contributed by atoms with E-state index < -0.39 is 5.25 Å². The van der Waals surface area contributed by atoms with Gasteiger partial charge < -0.3 is 19.7 Å². The van der Waals surface area contributed by atoms with Gasteiger partial charge in [-0.3, -0.25) is 9.59 Å². The predicted octanol–water partition coefficient (Wildman–Crippen LogP) is 4.52. The van der Waals surface area contributed by atoms with E-state index in [0.29, 0.717) is 28.8 Å². The molecule has 0 saturated carbocycles. The van der Waals surface area contributed by atoms with Gasteiger partial charge in [-0.1, -0.05) is 11.6 Å². The molecule has 1 saturated heterocycles. The van der Waals surface area contributed by atoms with Gasteiger partial charge in [-0.25, -0.2) is 0 Å². The second kappa shape index (κ2) is 8.78. The molecule has 1 fully saturated rings. The Morgan fingerprint density at radius 2 is 2.07 bits per heavy atom. The van der Waals surface area contributed by atoms with Crippen LogP contribution in [0, 0.1) is 0 Å². The van der Waals surface area contributed by atoms with Crippen LogP contribution in [0.5, 0.6) is 11.5 Å². The fraction of sp³-hybridized carbons (Fsp3) is 0.364. The number of halogens is 1. The molecule has 2 amide bonds. The van der Waals surface area contributed by atoms with Gasteiger partial charge in [-0.2, -0.15) is 0 Å². The molecule has 2 aliphatic rings. The molecule has 1 N–H and O–H groups in total. The van der Waals surface area contributed by atoms with Gasteiger partial charge in [0.2, 0.25) is 11.8 Å². The maximum atomic E-state index is 13.2. The number of nitrogens with zero attached hydrogens (tertiary/aromatic N) is 1. The SMILES string of the molecule is COc1ccc(C2CCCN2C(=O)CC2Sc3ccc(Cl)cc3NC2=O)c(OC)c1. The highest BCUT2D eigenvalue weighted by Crippen LogP contribution is 2.41. The zero-order chi connectivity index (χ0) is 21.3.